The van der Waals surface area contributed by atoms with E-state index < -0.39 is 0 Å². The van der Waals surface area contributed by atoms with Crippen molar-refractivity contribution in [1.82, 2.24) is 0 Å². The zero-order chi connectivity index (χ0) is 19.7. The molecular formula is C24H21FN2O2. The van der Waals surface area contributed by atoms with Crippen LogP contribution in [0, 0.1) is 27.8 Å². The van der Waals surface area contributed by atoms with E-state index in [1.165, 1.54) is 5.69 Å². The number of benzene rings is 2. The maximum absolute atomic E-state index is 13.6. The zero-order valence-electron chi connectivity index (χ0n) is 15.9. The van der Waals surface area contributed by atoms with Crippen LogP contribution in [0.3, 0.4) is 0 Å². The van der Waals surface area contributed by atoms with E-state index in [0.717, 1.165) is 36.1 Å². The van der Waals surface area contributed by atoms with Crippen molar-refractivity contribution in [3.05, 3.63) is 93.3 Å². The van der Waals surface area contributed by atoms with Gasteiger partial charge in [-0.15, -0.1) is 0 Å². The molecule has 4 aliphatic rings. The third kappa shape index (κ3) is 2.36. The molecule has 2 aromatic carbocycles. The van der Waals surface area contributed by atoms with Crippen LogP contribution in [0.2, 0.25) is 0 Å². The Labute approximate surface area is 168 Å². The second-order valence-corrected chi connectivity index (χ2v) is 8.68. The van der Waals surface area contributed by atoms with Gasteiger partial charge in [-0.25, -0.2) is 4.39 Å². The second-order valence-electron chi connectivity index (χ2n) is 8.68. The molecule has 0 fully saturated rings. The molecule has 146 valence electrons. The molecule has 6 rings (SSSR count). The SMILES string of the molecule is O=[N+]([O-])c1cc2c3c(c1)[C@H]1C=CC[C@@H]1[C@@H](c1ccc(F)cc1)N3C[C@H]1CC=C[C@H]21. The minimum Gasteiger partial charge on any atom is -0.363 e. The van der Waals surface area contributed by atoms with Crippen LogP contribution >= 0.6 is 0 Å². The van der Waals surface area contributed by atoms with Crippen LogP contribution in [0.15, 0.2) is 60.7 Å². The van der Waals surface area contributed by atoms with E-state index in [0.29, 0.717) is 11.8 Å². The van der Waals surface area contributed by atoms with E-state index in [2.05, 4.69) is 29.2 Å². The Hall–Kier alpha value is -2.95. The molecule has 5 atom stereocenters. The fourth-order valence-corrected chi connectivity index (χ4v) is 6.10. The third-order valence-electron chi connectivity index (χ3n) is 7.26. The number of nitro groups is 1. The molecule has 0 radical (unpaired) electrons. The van der Waals surface area contributed by atoms with Crippen molar-refractivity contribution in [2.75, 3.05) is 11.4 Å². The van der Waals surface area contributed by atoms with Gasteiger partial charge in [0.05, 0.1) is 11.0 Å². The molecule has 0 saturated carbocycles. The van der Waals surface area contributed by atoms with E-state index >= 15 is 0 Å². The first-order chi connectivity index (χ1) is 14.1. The molecule has 0 spiro atoms. The molecule has 2 aromatic rings. The van der Waals surface area contributed by atoms with Crippen molar-refractivity contribution in [1.29, 1.82) is 0 Å². The molecule has 2 heterocycles. The third-order valence-corrected chi connectivity index (χ3v) is 7.26. The Balaban J connectivity index is 1.59. The highest BCUT2D eigenvalue weighted by Gasteiger charge is 2.48. The smallest absolute Gasteiger partial charge is 0.270 e. The van der Waals surface area contributed by atoms with E-state index in [9.17, 15) is 14.5 Å². The molecular weight excluding hydrogens is 367 g/mol. The average molecular weight is 388 g/mol. The number of non-ortho nitro benzene ring substituents is 1. The van der Waals surface area contributed by atoms with Gasteiger partial charge in [-0.05, 0) is 53.5 Å². The van der Waals surface area contributed by atoms with Gasteiger partial charge in [-0.1, -0.05) is 36.4 Å². The Morgan fingerprint density at radius 1 is 1.00 bits per heavy atom. The van der Waals surface area contributed by atoms with Crippen LogP contribution in [0.4, 0.5) is 15.8 Å². The highest BCUT2D eigenvalue weighted by Crippen LogP contribution is 2.59. The largest absolute Gasteiger partial charge is 0.363 e. The van der Waals surface area contributed by atoms with Gasteiger partial charge in [0.2, 0.25) is 0 Å². The molecule has 0 bridgehead atoms. The predicted octanol–water partition coefficient (Wildman–Crippen LogP) is 5.63. The van der Waals surface area contributed by atoms with Crippen molar-refractivity contribution in [2.24, 2.45) is 11.8 Å². The molecule has 0 aromatic heterocycles. The number of hydrogen-bond donors (Lipinski definition) is 0. The number of halogens is 1. The first-order valence-corrected chi connectivity index (χ1v) is 10.3. The molecule has 2 aliphatic carbocycles. The normalized spacial score (nSPS) is 30.8. The minimum atomic E-state index is -0.261. The first-order valence-electron chi connectivity index (χ1n) is 10.3. The zero-order valence-corrected chi connectivity index (χ0v) is 15.9. The lowest BCUT2D eigenvalue weighted by molar-refractivity contribution is -0.385. The molecule has 0 unspecified atom stereocenters. The van der Waals surface area contributed by atoms with Crippen LogP contribution in [-0.2, 0) is 0 Å². The summed E-state index contributed by atoms with van der Waals surface area (Å²) in [7, 11) is 0. The molecule has 29 heavy (non-hydrogen) atoms. The van der Waals surface area contributed by atoms with Crippen molar-refractivity contribution >= 4 is 11.4 Å². The molecule has 5 heteroatoms. The lowest BCUT2D eigenvalue weighted by Gasteiger charge is -2.51. The van der Waals surface area contributed by atoms with Gasteiger partial charge in [-0.3, -0.25) is 10.1 Å². The summed E-state index contributed by atoms with van der Waals surface area (Å²) in [6.45, 7) is 0.931. The fourth-order valence-electron chi connectivity index (χ4n) is 6.10. The number of anilines is 1. The Morgan fingerprint density at radius 3 is 2.45 bits per heavy atom. The van der Waals surface area contributed by atoms with Gasteiger partial charge < -0.3 is 4.90 Å². The summed E-state index contributed by atoms with van der Waals surface area (Å²) in [5.74, 6) is 0.939. The topological polar surface area (TPSA) is 46.4 Å². The lowest BCUT2D eigenvalue weighted by Crippen LogP contribution is -2.46. The summed E-state index contributed by atoms with van der Waals surface area (Å²) >= 11 is 0. The van der Waals surface area contributed by atoms with Crippen LogP contribution in [0.1, 0.15) is 47.4 Å². The van der Waals surface area contributed by atoms with E-state index in [-0.39, 0.29) is 34.3 Å². The highest BCUT2D eigenvalue weighted by atomic mass is 19.1. The Morgan fingerprint density at radius 2 is 1.69 bits per heavy atom. The van der Waals surface area contributed by atoms with Crippen LogP contribution in [-0.4, -0.2) is 11.5 Å². The van der Waals surface area contributed by atoms with Gasteiger partial charge >= 0.3 is 0 Å². The fraction of sp³-hybridized carbons (Fsp3) is 0.333. The summed E-state index contributed by atoms with van der Waals surface area (Å²) in [5.41, 5.74) is 4.67. The van der Waals surface area contributed by atoms with Crippen LogP contribution in [0.25, 0.3) is 0 Å². The highest BCUT2D eigenvalue weighted by molar-refractivity contribution is 5.72. The first kappa shape index (κ1) is 17.0. The number of fused-ring (bicyclic) bond motifs is 4. The standard InChI is InChI=1S/C24H21FN2O2/c25-16-9-7-14(8-10-16)23-20-6-2-5-19(20)22-12-17(27(28)29)11-21-18-4-1-3-15(18)13-26(23)24(21)22/h1-2,4-5,7-12,15,18-20,23H,3,6,13H2/t15-,18+,19+,20+,23-/m1/s1. The van der Waals surface area contributed by atoms with Crippen LogP contribution in [0.5, 0.6) is 0 Å². The number of hydrogen-bond acceptors (Lipinski definition) is 3. The second kappa shape index (κ2) is 6.02. The monoisotopic (exact) mass is 388 g/mol. The number of allylic oxidation sites excluding steroid dienone is 4. The van der Waals surface area contributed by atoms with E-state index in [4.69, 9.17) is 0 Å². The maximum Gasteiger partial charge on any atom is 0.270 e. The maximum atomic E-state index is 13.6. The van der Waals surface area contributed by atoms with Gasteiger partial charge in [0.25, 0.3) is 5.69 Å². The molecule has 4 nitrogen and oxygen atoms in total. The van der Waals surface area contributed by atoms with Crippen molar-refractivity contribution in [3.8, 4) is 0 Å². The number of rotatable bonds is 2. The van der Waals surface area contributed by atoms with Gasteiger partial charge in [0.1, 0.15) is 5.82 Å². The van der Waals surface area contributed by atoms with Crippen LogP contribution < -0.4 is 4.90 Å². The molecule has 0 N–H and O–H groups in total. The molecule has 2 aliphatic heterocycles. The lowest BCUT2D eigenvalue weighted by atomic mass is 9.70. The Bertz CT molecular complexity index is 1060. The quantitative estimate of drug-likeness (QED) is 0.381. The van der Waals surface area contributed by atoms with Gasteiger partial charge in [0.15, 0.2) is 0 Å². The van der Waals surface area contributed by atoms with Gasteiger partial charge in [-0.2, -0.15) is 0 Å². The van der Waals surface area contributed by atoms with E-state index in [1.54, 1.807) is 24.3 Å². The summed E-state index contributed by atoms with van der Waals surface area (Å²) in [5, 5.41) is 11.7. The Kier molecular flexibility index (Phi) is 3.52. The van der Waals surface area contributed by atoms with Crippen molar-refractivity contribution in [2.45, 2.75) is 30.7 Å². The summed E-state index contributed by atoms with van der Waals surface area (Å²) in [4.78, 5) is 13.9. The van der Waals surface area contributed by atoms with Crippen molar-refractivity contribution in [3.63, 3.8) is 0 Å². The summed E-state index contributed by atoms with van der Waals surface area (Å²) < 4.78 is 13.6. The average Bonchev–Trinajstić information content (AvgIpc) is 3.38. The van der Waals surface area contributed by atoms with E-state index in [1.807, 2.05) is 12.1 Å². The molecule has 0 amide bonds. The number of nitro benzene ring substituents is 1. The number of nitrogens with zero attached hydrogens (tertiary/aromatic N) is 2. The summed E-state index contributed by atoms with van der Waals surface area (Å²) in [6, 6.07) is 10.6. The van der Waals surface area contributed by atoms with Gasteiger partial charge in [0, 0.05) is 36.2 Å². The summed E-state index contributed by atoms with van der Waals surface area (Å²) in [6.07, 6.45) is 10.8. The molecule has 0 saturated heterocycles. The minimum absolute atomic E-state index is 0.157. The van der Waals surface area contributed by atoms with Crippen molar-refractivity contribution < 1.29 is 9.31 Å². The predicted molar refractivity (Wildman–Crippen MR) is 110 cm³/mol.